The van der Waals surface area contributed by atoms with Gasteiger partial charge in [0.05, 0.1) is 11.7 Å². The van der Waals surface area contributed by atoms with Crippen LogP contribution in [0.5, 0.6) is 0 Å². The van der Waals surface area contributed by atoms with Gasteiger partial charge in [-0.05, 0) is 92.3 Å². The lowest BCUT2D eigenvalue weighted by molar-refractivity contribution is -0.171. The molecule has 2 N–H and O–H groups in total. The second-order valence-corrected chi connectivity index (χ2v) is 10.6. The van der Waals surface area contributed by atoms with Crippen molar-refractivity contribution >= 4 is 0 Å². The van der Waals surface area contributed by atoms with Crippen LogP contribution in [0.4, 0.5) is 0 Å². The van der Waals surface area contributed by atoms with E-state index in [0.717, 1.165) is 25.2 Å². The Morgan fingerprint density at radius 2 is 1.59 bits per heavy atom. The summed E-state index contributed by atoms with van der Waals surface area (Å²) in [5, 5.41) is 21.4. The lowest BCUT2D eigenvalue weighted by atomic mass is 9.41. The zero-order chi connectivity index (χ0) is 16.0. The van der Waals surface area contributed by atoms with Crippen molar-refractivity contribution in [2.45, 2.75) is 90.8 Å². The average Bonchev–Trinajstić information content (AvgIpc) is 2.52. The molecule has 0 aliphatic heterocycles. The molecule has 2 bridgehead atoms. The van der Waals surface area contributed by atoms with Crippen LogP contribution in [-0.2, 0) is 0 Å². The Balaban J connectivity index is 1.74. The fourth-order valence-electron chi connectivity index (χ4n) is 8.29. The van der Waals surface area contributed by atoms with Crippen LogP contribution in [0.1, 0.15) is 79.1 Å². The summed E-state index contributed by atoms with van der Waals surface area (Å²) in [7, 11) is 0. The van der Waals surface area contributed by atoms with Crippen molar-refractivity contribution in [1.29, 1.82) is 0 Å². The third-order valence-electron chi connectivity index (χ3n) is 8.69. The quantitative estimate of drug-likeness (QED) is 0.706. The van der Waals surface area contributed by atoms with Gasteiger partial charge >= 0.3 is 0 Å². The molecular weight excluding hydrogens is 272 g/mol. The largest absolute Gasteiger partial charge is 0.393 e. The van der Waals surface area contributed by atoms with Crippen LogP contribution in [0.2, 0.25) is 0 Å². The molecule has 0 saturated heterocycles. The van der Waals surface area contributed by atoms with Crippen LogP contribution < -0.4 is 0 Å². The topological polar surface area (TPSA) is 40.5 Å². The summed E-state index contributed by atoms with van der Waals surface area (Å²) in [6.45, 7) is 9.34. The maximum absolute atomic E-state index is 10.9. The van der Waals surface area contributed by atoms with Crippen molar-refractivity contribution < 1.29 is 10.2 Å². The molecule has 1 spiro atoms. The second kappa shape index (κ2) is 4.30. The minimum atomic E-state index is -0.444. The molecule has 0 radical (unpaired) electrons. The van der Waals surface area contributed by atoms with Crippen molar-refractivity contribution in [1.82, 2.24) is 0 Å². The van der Waals surface area contributed by atoms with Crippen molar-refractivity contribution in [2.75, 3.05) is 0 Å². The molecule has 2 heteroatoms. The first kappa shape index (κ1) is 15.4. The Morgan fingerprint density at radius 1 is 0.864 bits per heavy atom. The number of rotatable bonds is 0. The molecule has 2 nitrogen and oxygen atoms in total. The second-order valence-electron chi connectivity index (χ2n) is 10.6. The van der Waals surface area contributed by atoms with E-state index < -0.39 is 5.60 Å². The van der Waals surface area contributed by atoms with Gasteiger partial charge in [-0.15, -0.1) is 0 Å². The third kappa shape index (κ3) is 1.86. The Bertz CT molecular complexity index is 482. The summed E-state index contributed by atoms with van der Waals surface area (Å²) in [6.07, 6.45) is 9.14. The molecule has 4 aliphatic carbocycles. The lowest BCUT2D eigenvalue weighted by Gasteiger charge is -2.64. The molecule has 4 aliphatic rings. The minimum absolute atomic E-state index is 0.133. The van der Waals surface area contributed by atoms with Crippen LogP contribution >= 0.6 is 0 Å². The molecule has 0 aromatic carbocycles. The van der Waals surface area contributed by atoms with Crippen molar-refractivity contribution in [3.8, 4) is 0 Å². The normalized spacial score (nSPS) is 59.7. The Labute approximate surface area is 135 Å². The molecule has 0 amide bonds. The van der Waals surface area contributed by atoms with E-state index in [1.165, 1.54) is 32.1 Å². The van der Waals surface area contributed by atoms with Gasteiger partial charge in [0.25, 0.3) is 0 Å². The van der Waals surface area contributed by atoms with E-state index in [1.807, 2.05) is 0 Å². The predicted octanol–water partition coefficient (Wildman–Crippen LogP) is 4.14. The molecule has 4 rings (SSSR count). The summed E-state index contributed by atoms with van der Waals surface area (Å²) in [5.74, 6) is 1.96. The summed E-state index contributed by atoms with van der Waals surface area (Å²) in [6, 6.07) is 0. The molecule has 4 fully saturated rings. The number of hydrogen-bond acceptors (Lipinski definition) is 2. The van der Waals surface area contributed by atoms with E-state index in [1.54, 1.807) is 0 Å². The Morgan fingerprint density at radius 3 is 2.32 bits per heavy atom. The van der Waals surface area contributed by atoms with Gasteiger partial charge in [0, 0.05) is 0 Å². The van der Waals surface area contributed by atoms with Gasteiger partial charge in [0.2, 0.25) is 0 Å². The maximum Gasteiger partial charge on any atom is 0.0653 e. The molecule has 0 unspecified atom stereocenters. The number of fused-ring (bicyclic) bond motifs is 3. The number of hydrogen-bond donors (Lipinski definition) is 2. The highest BCUT2D eigenvalue weighted by atomic mass is 16.3. The summed E-state index contributed by atoms with van der Waals surface area (Å²) >= 11 is 0. The smallest absolute Gasteiger partial charge is 0.0653 e. The van der Waals surface area contributed by atoms with E-state index in [-0.39, 0.29) is 16.9 Å². The summed E-state index contributed by atoms with van der Waals surface area (Å²) in [4.78, 5) is 0. The molecule has 0 aromatic rings. The highest BCUT2D eigenvalue weighted by molar-refractivity contribution is 5.16. The Hall–Kier alpha value is -0.0800. The zero-order valence-corrected chi connectivity index (χ0v) is 14.9. The SMILES string of the molecule is CC1(C)C[C@@H](O)C[C@]2(C)[C@@H]1CC[C@@]13C[C@@H](CC[C@H]12)[C@](C)(O)C3. The summed E-state index contributed by atoms with van der Waals surface area (Å²) in [5.41, 5.74) is 0.447. The minimum Gasteiger partial charge on any atom is -0.393 e. The Kier molecular flexibility index (Phi) is 3.02. The van der Waals surface area contributed by atoms with Gasteiger partial charge in [0.1, 0.15) is 0 Å². The monoisotopic (exact) mass is 306 g/mol. The van der Waals surface area contributed by atoms with Crippen LogP contribution in [0, 0.1) is 34.0 Å². The van der Waals surface area contributed by atoms with E-state index in [2.05, 4.69) is 27.7 Å². The molecule has 7 atom stereocenters. The van der Waals surface area contributed by atoms with E-state index in [4.69, 9.17) is 0 Å². The van der Waals surface area contributed by atoms with Crippen molar-refractivity contribution in [3.05, 3.63) is 0 Å². The molecule has 0 aromatic heterocycles. The molecule has 0 heterocycles. The van der Waals surface area contributed by atoms with Crippen molar-refractivity contribution in [3.63, 3.8) is 0 Å². The average molecular weight is 306 g/mol. The van der Waals surface area contributed by atoms with Gasteiger partial charge in [-0.1, -0.05) is 20.8 Å². The van der Waals surface area contributed by atoms with Crippen molar-refractivity contribution in [2.24, 2.45) is 34.0 Å². The lowest BCUT2D eigenvalue weighted by Crippen LogP contribution is -2.58. The van der Waals surface area contributed by atoms with Crippen LogP contribution in [0.3, 0.4) is 0 Å². The first-order chi connectivity index (χ1) is 10.1. The first-order valence-electron chi connectivity index (χ1n) is 9.50. The van der Waals surface area contributed by atoms with Crippen LogP contribution in [0.15, 0.2) is 0 Å². The molecule has 126 valence electrons. The van der Waals surface area contributed by atoms with Crippen LogP contribution in [0.25, 0.3) is 0 Å². The molecule has 22 heavy (non-hydrogen) atoms. The number of aliphatic hydroxyl groups is 2. The fourth-order valence-corrected chi connectivity index (χ4v) is 8.29. The third-order valence-corrected chi connectivity index (χ3v) is 8.69. The van der Waals surface area contributed by atoms with Gasteiger partial charge in [-0.2, -0.15) is 0 Å². The predicted molar refractivity (Wildman–Crippen MR) is 88.4 cm³/mol. The summed E-state index contributed by atoms with van der Waals surface area (Å²) < 4.78 is 0. The van der Waals surface area contributed by atoms with Gasteiger partial charge < -0.3 is 10.2 Å². The van der Waals surface area contributed by atoms with Crippen LogP contribution in [-0.4, -0.2) is 21.9 Å². The van der Waals surface area contributed by atoms with E-state index in [0.29, 0.717) is 17.3 Å². The first-order valence-corrected chi connectivity index (χ1v) is 9.50. The fraction of sp³-hybridized carbons (Fsp3) is 1.00. The molecule has 4 saturated carbocycles. The van der Waals surface area contributed by atoms with E-state index in [9.17, 15) is 10.2 Å². The van der Waals surface area contributed by atoms with Gasteiger partial charge in [-0.25, -0.2) is 0 Å². The van der Waals surface area contributed by atoms with Gasteiger partial charge in [-0.3, -0.25) is 0 Å². The standard InChI is InChI=1S/C20H34O2/c1-17(2)10-14(21)11-18(3)15(17)7-8-20-9-13(5-6-16(18)20)19(4,22)12-20/h13-16,21-22H,5-12H2,1-4H3/t13-,14-,15-,16+,18-,19-,20+/m1/s1. The highest BCUT2D eigenvalue weighted by Crippen LogP contribution is 2.72. The zero-order valence-electron chi connectivity index (χ0n) is 14.9. The van der Waals surface area contributed by atoms with E-state index >= 15 is 0 Å². The number of aliphatic hydroxyl groups excluding tert-OH is 1. The highest BCUT2D eigenvalue weighted by Gasteiger charge is 2.66. The van der Waals surface area contributed by atoms with Gasteiger partial charge in [0.15, 0.2) is 0 Å². The molecular formula is C20H34O2. The maximum atomic E-state index is 10.9.